The van der Waals surface area contributed by atoms with Crippen molar-refractivity contribution in [1.29, 1.82) is 0 Å². The first-order valence-electron chi connectivity index (χ1n) is 39.8. The minimum atomic E-state index is -4.94. The Labute approximate surface area is 614 Å². The van der Waals surface area contributed by atoms with E-state index < -0.39 is 91.5 Å². The molecular weight excluding hydrogens is 1310 g/mol. The molecule has 18 heteroatoms. The first-order valence-corrected chi connectivity index (χ1v) is 42.8. The Morgan fingerprint density at radius 1 is 0.287 bits per heavy atom. The summed E-state index contributed by atoms with van der Waals surface area (Å²) in [5, 5.41) is 20.6. The molecule has 0 aromatic carbocycles. The number of esters is 3. The molecule has 0 rings (SSSR count). The molecule has 0 fully saturated rings. The number of aliphatic hydroxyl groups excluding tert-OH is 2. The van der Waals surface area contributed by atoms with Crippen molar-refractivity contribution in [1.82, 2.24) is 0 Å². The fraction of sp³-hybridized carbons (Fsp3) is 0.723. The van der Waals surface area contributed by atoms with Crippen LogP contribution < -0.4 is 0 Å². The lowest BCUT2D eigenvalue weighted by molar-refractivity contribution is -0.161. The Hall–Kier alpha value is -4.05. The van der Waals surface area contributed by atoms with Gasteiger partial charge in [0.2, 0.25) is 0 Å². The van der Waals surface area contributed by atoms with Crippen molar-refractivity contribution in [2.45, 2.75) is 347 Å². The van der Waals surface area contributed by atoms with Crippen molar-refractivity contribution in [3.8, 4) is 0 Å². The van der Waals surface area contributed by atoms with Gasteiger partial charge in [0.05, 0.1) is 26.4 Å². The van der Waals surface area contributed by atoms with Crippen LogP contribution in [-0.2, 0) is 55.8 Å². The highest BCUT2D eigenvalue weighted by atomic mass is 31.2. The first-order chi connectivity index (χ1) is 49.2. The van der Waals surface area contributed by atoms with E-state index in [1.54, 1.807) is 0 Å². The van der Waals surface area contributed by atoms with Crippen LogP contribution in [0, 0.1) is 0 Å². The van der Waals surface area contributed by atoms with Crippen molar-refractivity contribution in [3.05, 3.63) is 122 Å². The molecule has 0 spiro atoms. The Balaban J connectivity index is 4.59. The number of phosphoric ester groups is 2. The average molecular weight is 1460 g/mol. The van der Waals surface area contributed by atoms with Gasteiger partial charge in [0.15, 0.2) is 6.10 Å². The third kappa shape index (κ3) is 76.9. The van der Waals surface area contributed by atoms with Gasteiger partial charge in [-0.25, -0.2) is 9.13 Å². The number of ether oxygens (including phenoxy) is 3. The Bertz CT molecular complexity index is 2320. The number of hydrogen-bond donors (Lipinski definition) is 4. The van der Waals surface area contributed by atoms with Gasteiger partial charge >= 0.3 is 33.6 Å². The van der Waals surface area contributed by atoms with E-state index in [4.69, 9.17) is 32.3 Å². The van der Waals surface area contributed by atoms with Crippen molar-refractivity contribution >= 4 is 33.6 Å². The van der Waals surface area contributed by atoms with Crippen LogP contribution in [0.5, 0.6) is 0 Å². The second-order valence-corrected chi connectivity index (χ2v) is 29.4. The van der Waals surface area contributed by atoms with Crippen LogP contribution in [0.15, 0.2) is 122 Å². The molecule has 0 aliphatic carbocycles. The Morgan fingerprint density at radius 3 is 0.851 bits per heavy atom. The van der Waals surface area contributed by atoms with Crippen LogP contribution in [-0.4, -0.2) is 95.9 Å². The number of aliphatic hydroxyl groups is 2. The molecule has 0 aliphatic heterocycles. The molecule has 101 heavy (non-hydrogen) atoms. The van der Waals surface area contributed by atoms with E-state index in [-0.39, 0.29) is 19.3 Å². The number of allylic oxidation sites excluding steroid dienone is 20. The van der Waals surface area contributed by atoms with Crippen LogP contribution in [0.4, 0.5) is 0 Å². The van der Waals surface area contributed by atoms with Gasteiger partial charge in [-0.05, 0) is 116 Å². The van der Waals surface area contributed by atoms with Gasteiger partial charge in [0.25, 0.3) is 0 Å². The molecule has 0 aromatic heterocycles. The van der Waals surface area contributed by atoms with Crippen LogP contribution in [0.1, 0.15) is 329 Å². The number of phosphoric acid groups is 2. The standard InChI is InChI=1S/C83H144O16P2/c1-4-7-10-13-16-19-22-25-28-30-32-34-36-37-38-39-41-43-44-46-49-51-54-57-60-63-66-69-81(86)93-72-78(84)73-95-100(89,90)96-74-79(85)75-97-101(91,92)98-77-80(99-83(88)71-68-65-62-59-56-53-48-27-24-21-18-15-12-9-6-3)76-94-82(87)70-67-64-61-58-55-52-50-47-45-42-40-35-33-31-29-26-23-20-17-14-11-8-5-2/h8,11,16-17,19-20,25-26,28-29,32-35,37-38,42,45,50,52,78-80,84-85H,4-7,9-10,12-15,18,21-24,27,30-31,36,39-41,43-44,46-49,51,53-77H2,1-3H3,(H,89,90)(H,91,92)/b11-8-,19-16-,20-17-,28-25-,29-26-,34-32-,35-33-,38-37-,45-42-,52-50-. The molecule has 582 valence electrons. The summed E-state index contributed by atoms with van der Waals surface area (Å²) in [6, 6.07) is 0. The quantitative estimate of drug-likeness (QED) is 0.0146. The number of hydrogen-bond acceptors (Lipinski definition) is 14. The van der Waals surface area contributed by atoms with E-state index in [1.807, 2.05) is 0 Å². The van der Waals surface area contributed by atoms with Gasteiger partial charge in [0.1, 0.15) is 25.4 Å². The monoisotopic (exact) mass is 1460 g/mol. The summed E-state index contributed by atoms with van der Waals surface area (Å²) in [5.41, 5.74) is 0. The zero-order chi connectivity index (χ0) is 73.7. The van der Waals surface area contributed by atoms with Crippen LogP contribution in [0.2, 0.25) is 0 Å². The van der Waals surface area contributed by atoms with Crippen LogP contribution >= 0.6 is 15.6 Å². The topological polar surface area (TPSA) is 231 Å². The summed E-state index contributed by atoms with van der Waals surface area (Å²) in [5.74, 6) is -1.60. The number of rotatable bonds is 75. The molecule has 0 heterocycles. The maximum absolute atomic E-state index is 13.0. The van der Waals surface area contributed by atoms with Gasteiger partial charge in [-0.2, -0.15) is 0 Å². The third-order valence-corrected chi connectivity index (χ3v) is 18.6. The lowest BCUT2D eigenvalue weighted by atomic mass is 10.0. The lowest BCUT2D eigenvalue weighted by Gasteiger charge is -2.21. The highest BCUT2D eigenvalue weighted by Crippen LogP contribution is 2.45. The minimum absolute atomic E-state index is 0.0997. The van der Waals surface area contributed by atoms with E-state index in [2.05, 4.69) is 142 Å². The molecule has 0 aromatic rings. The van der Waals surface area contributed by atoms with Gasteiger partial charge in [0, 0.05) is 19.3 Å². The SMILES string of the molecule is CC/C=C\C/C=C\C/C=C\C/C=C\C/C=C\C/C=C\CCCCCCC(=O)OCC(COP(=O)(O)OCC(O)COP(=O)(O)OCC(O)COC(=O)CCCCCCCCCCCCC/C=C\C/C=C\C/C=C\C/C=C\CCCCC)OC(=O)CCCCCCCCCCCCCCCCC. The summed E-state index contributed by atoms with van der Waals surface area (Å²) in [6.07, 6.45) is 89.5. The predicted molar refractivity (Wildman–Crippen MR) is 417 cm³/mol. The Kier molecular flexibility index (Phi) is 72.6. The van der Waals surface area contributed by atoms with Gasteiger partial charge < -0.3 is 34.2 Å². The fourth-order valence-corrected chi connectivity index (χ4v) is 12.2. The van der Waals surface area contributed by atoms with Crippen LogP contribution in [0.3, 0.4) is 0 Å². The normalized spacial score (nSPS) is 14.6. The number of unbranched alkanes of at least 4 members (excludes halogenated alkanes) is 32. The fourth-order valence-electron chi connectivity index (χ4n) is 10.6. The van der Waals surface area contributed by atoms with Crippen molar-refractivity contribution < 1.29 is 75.8 Å². The number of carbonyl (C=O) groups is 3. The highest BCUT2D eigenvalue weighted by Gasteiger charge is 2.29. The summed E-state index contributed by atoms with van der Waals surface area (Å²) in [6.45, 7) is 2.54. The van der Waals surface area contributed by atoms with Gasteiger partial charge in [-0.3, -0.25) is 32.5 Å². The smallest absolute Gasteiger partial charge is 0.463 e. The van der Waals surface area contributed by atoms with E-state index in [1.165, 1.54) is 135 Å². The average Bonchev–Trinajstić information content (AvgIpc) is 0.944. The lowest BCUT2D eigenvalue weighted by Crippen LogP contribution is -2.30. The summed E-state index contributed by atoms with van der Waals surface area (Å²) in [7, 11) is -9.80. The zero-order valence-corrected chi connectivity index (χ0v) is 65.3. The zero-order valence-electron chi connectivity index (χ0n) is 63.5. The summed E-state index contributed by atoms with van der Waals surface area (Å²) < 4.78 is 61.2. The highest BCUT2D eigenvalue weighted by molar-refractivity contribution is 7.47. The van der Waals surface area contributed by atoms with E-state index in [0.29, 0.717) is 19.3 Å². The molecule has 0 amide bonds. The Morgan fingerprint density at radius 2 is 0.525 bits per heavy atom. The molecule has 0 saturated carbocycles. The van der Waals surface area contributed by atoms with E-state index >= 15 is 0 Å². The molecule has 0 radical (unpaired) electrons. The molecule has 16 nitrogen and oxygen atoms in total. The summed E-state index contributed by atoms with van der Waals surface area (Å²) >= 11 is 0. The van der Waals surface area contributed by atoms with E-state index in [0.717, 1.165) is 135 Å². The molecular formula is C83H144O16P2. The largest absolute Gasteiger partial charge is 0.472 e. The first kappa shape index (κ1) is 97.0. The van der Waals surface area contributed by atoms with Crippen molar-refractivity contribution in [2.24, 2.45) is 0 Å². The number of carbonyl (C=O) groups excluding carboxylic acids is 3. The van der Waals surface area contributed by atoms with Gasteiger partial charge in [-0.1, -0.05) is 316 Å². The third-order valence-electron chi connectivity index (χ3n) is 16.7. The molecule has 0 aliphatic rings. The van der Waals surface area contributed by atoms with Crippen molar-refractivity contribution in [2.75, 3.05) is 39.6 Å². The summed E-state index contributed by atoms with van der Waals surface area (Å²) in [4.78, 5) is 58.7. The second-order valence-electron chi connectivity index (χ2n) is 26.5. The molecule has 0 saturated heterocycles. The van der Waals surface area contributed by atoms with Crippen molar-refractivity contribution in [3.63, 3.8) is 0 Å². The van der Waals surface area contributed by atoms with Crippen LogP contribution in [0.25, 0.3) is 0 Å². The molecule has 5 unspecified atom stereocenters. The second kappa shape index (κ2) is 75.6. The predicted octanol–water partition coefficient (Wildman–Crippen LogP) is 23.3. The van der Waals surface area contributed by atoms with E-state index in [9.17, 15) is 43.5 Å². The molecule has 5 atom stereocenters. The minimum Gasteiger partial charge on any atom is -0.463 e. The van der Waals surface area contributed by atoms with Gasteiger partial charge in [-0.15, -0.1) is 0 Å². The maximum atomic E-state index is 13.0. The maximum Gasteiger partial charge on any atom is 0.472 e. The molecule has 4 N–H and O–H groups in total. The molecule has 0 bridgehead atoms.